The Morgan fingerprint density at radius 2 is 2.06 bits per heavy atom. The first-order valence-electron chi connectivity index (χ1n) is 5.75. The molecule has 1 saturated heterocycles. The summed E-state index contributed by atoms with van der Waals surface area (Å²) in [6.07, 6.45) is 4.66. The molecule has 0 aromatic carbocycles. The van der Waals surface area contributed by atoms with Crippen LogP contribution in [0.2, 0.25) is 0 Å². The largest absolute Gasteiger partial charge is 0.366 e. The highest BCUT2D eigenvalue weighted by Crippen LogP contribution is 2.24. The summed E-state index contributed by atoms with van der Waals surface area (Å²) in [5, 5.41) is 0. The van der Waals surface area contributed by atoms with Crippen molar-refractivity contribution in [1.82, 2.24) is 14.9 Å². The summed E-state index contributed by atoms with van der Waals surface area (Å²) in [6.45, 7) is 3.32. The maximum absolute atomic E-state index is 10.7. The van der Waals surface area contributed by atoms with Gasteiger partial charge in [0.25, 0.3) is 0 Å². The molecule has 5 nitrogen and oxygen atoms in total. The lowest BCUT2D eigenvalue weighted by Gasteiger charge is -2.34. The molecule has 88 valence electrons. The van der Waals surface area contributed by atoms with E-state index in [0.717, 1.165) is 43.6 Å². The zero-order valence-electron chi connectivity index (χ0n) is 9.47. The van der Waals surface area contributed by atoms with Crippen LogP contribution in [0.1, 0.15) is 0 Å². The minimum absolute atomic E-state index is 0.786. The van der Waals surface area contributed by atoms with E-state index in [2.05, 4.69) is 14.9 Å². The van der Waals surface area contributed by atoms with Gasteiger partial charge in [0.05, 0.1) is 16.7 Å². The number of pyridine rings is 1. The Labute approximate surface area is 99.0 Å². The fraction of sp³-hybridized carbons (Fsp3) is 0.333. The van der Waals surface area contributed by atoms with Crippen molar-refractivity contribution in [2.75, 3.05) is 31.1 Å². The molecule has 0 bridgehead atoms. The van der Waals surface area contributed by atoms with E-state index in [0.29, 0.717) is 0 Å². The Bertz CT molecular complexity index is 528. The van der Waals surface area contributed by atoms with Gasteiger partial charge in [-0.2, -0.15) is 0 Å². The van der Waals surface area contributed by atoms with Gasteiger partial charge in [-0.3, -0.25) is 9.78 Å². The van der Waals surface area contributed by atoms with E-state index in [-0.39, 0.29) is 0 Å². The first-order valence-corrected chi connectivity index (χ1v) is 5.75. The summed E-state index contributed by atoms with van der Waals surface area (Å²) < 4.78 is 0. The minimum Gasteiger partial charge on any atom is -0.366 e. The number of fused-ring (bicyclic) bond motifs is 1. The number of piperazine rings is 1. The first-order chi connectivity index (χ1) is 8.38. The van der Waals surface area contributed by atoms with Crippen LogP contribution in [0.15, 0.2) is 24.5 Å². The number of nitrogens with zero attached hydrogens (tertiary/aromatic N) is 3. The highest BCUT2D eigenvalue weighted by atomic mass is 16.1. The molecule has 5 heteroatoms. The van der Waals surface area contributed by atoms with Crippen molar-refractivity contribution in [1.29, 1.82) is 0 Å². The lowest BCUT2D eigenvalue weighted by molar-refractivity contribution is -0.118. The number of rotatable bonds is 2. The highest BCUT2D eigenvalue weighted by molar-refractivity contribution is 5.88. The molecule has 2 aromatic heterocycles. The van der Waals surface area contributed by atoms with Gasteiger partial charge in [0.15, 0.2) is 0 Å². The molecule has 0 radical (unpaired) electrons. The molecule has 3 rings (SSSR count). The van der Waals surface area contributed by atoms with Gasteiger partial charge in [0.1, 0.15) is 0 Å². The smallest absolute Gasteiger partial charge is 0.209 e. The Hall–Kier alpha value is -2.04. The van der Waals surface area contributed by atoms with Crippen LogP contribution in [0.5, 0.6) is 0 Å². The number of carbonyl (C=O) groups excluding carboxylic acids is 1. The number of aromatic amines is 1. The molecule has 0 aliphatic carbocycles. The Kier molecular flexibility index (Phi) is 2.44. The fourth-order valence-electron chi connectivity index (χ4n) is 2.28. The van der Waals surface area contributed by atoms with E-state index in [1.165, 1.54) is 5.69 Å². The molecule has 0 atom stereocenters. The van der Waals surface area contributed by atoms with Crippen molar-refractivity contribution < 1.29 is 4.79 Å². The minimum atomic E-state index is 0.786. The molecule has 1 fully saturated rings. The van der Waals surface area contributed by atoms with Gasteiger partial charge in [-0.1, -0.05) is 0 Å². The lowest BCUT2D eigenvalue weighted by Crippen LogP contribution is -2.45. The molecule has 2 aromatic rings. The van der Waals surface area contributed by atoms with Crippen LogP contribution >= 0.6 is 0 Å². The van der Waals surface area contributed by atoms with Crippen LogP contribution in [-0.4, -0.2) is 47.5 Å². The topological polar surface area (TPSA) is 52.2 Å². The molecular formula is C12H14N4O. The lowest BCUT2D eigenvalue weighted by atomic mass is 10.2. The maximum Gasteiger partial charge on any atom is 0.209 e. The number of H-pyrrole nitrogens is 1. The summed E-state index contributed by atoms with van der Waals surface area (Å²) in [4.78, 5) is 22.3. The number of amides is 1. The maximum atomic E-state index is 10.7. The van der Waals surface area contributed by atoms with Gasteiger partial charge in [-0.05, 0) is 12.1 Å². The quantitative estimate of drug-likeness (QED) is 0.778. The number of anilines is 1. The summed E-state index contributed by atoms with van der Waals surface area (Å²) in [7, 11) is 0. The Morgan fingerprint density at radius 1 is 1.24 bits per heavy atom. The third kappa shape index (κ3) is 1.73. The van der Waals surface area contributed by atoms with E-state index in [9.17, 15) is 4.79 Å². The second-order valence-electron chi connectivity index (χ2n) is 4.20. The number of carbonyl (C=O) groups is 1. The third-order valence-corrected chi connectivity index (χ3v) is 3.23. The predicted molar refractivity (Wildman–Crippen MR) is 65.9 cm³/mol. The molecule has 1 aliphatic heterocycles. The second kappa shape index (κ2) is 4.08. The van der Waals surface area contributed by atoms with Crippen LogP contribution in [0.3, 0.4) is 0 Å². The van der Waals surface area contributed by atoms with Crippen LogP contribution in [0, 0.1) is 0 Å². The first kappa shape index (κ1) is 10.1. The van der Waals surface area contributed by atoms with Gasteiger partial charge >= 0.3 is 0 Å². The van der Waals surface area contributed by atoms with Crippen molar-refractivity contribution >= 4 is 23.1 Å². The monoisotopic (exact) mass is 230 g/mol. The van der Waals surface area contributed by atoms with Crippen molar-refractivity contribution in [3.63, 3.8) is 0 Å². The van der Waals surface area contributed by atoms with E-state index >= 15 is 0 Å². The average Bonchev–Trinajstić information content (AvgIpc) is 2.87. The standard InChI is InChI=1S/C12H14N4O/c17-9-15-5-7-16(8-6-15)11-2-4-13-10-1-3-14-12(10)11/h1-4,9,14H,5-8H2. The van der Waals surface area contributed by atoms with E-state index < -0.39 is 0 Å². The van der Waals surface area contributed by atoms with Crippen LogP contribution in [0.25, 0.3) is 11.0 Å². The second-order valence-corrected chi connectivity index (χ2v) is 4.20. The van der Waals surface area contributed by atoms with Gasteiger partial charge in [0.2, 0.25) is 6.41 Å². The normalized spacial score (nSPS) is 16.5. The molecule has 1 aliphatic rings. The third-order valence-electron chi connectivity index (χ3n) is 3.23. The number of aromatic nitrogens is 2. The molecule has 0 unspecified atom stereocenters. The van der Waals surface area contributed by atoms with Gasteiger partial charge in [0, 0.05) is 38.6 Å². The van der Waals surface area contributed by atoms with Gasteiger partial charge < -0.3 is 14.8 Å². The van der Waals surface area contributed by atoms with Crippen LogP contribution in [-0.2, 0) is 4.79 Å². The van der Waals surface area contributed by atoms with E-state index in [1.807, 2.05) is 29.4 Å². The number of hydrogen-bond donors (Lipinski definition) is 1. The fourth-order valence-corrected chi connectivity index (χ4v) is 2.28. The molecule has 17 heavy (non-hydrogen) atoms. The molecule has 1 N–H and O–H groups in total. The molecular weight excluding hydrogens is 216 g/mol. The van der Waals surface area contributed by atoms with Gasteiger partial charge in [-0.15, -0.1) is 0 Å². The SMILES string of the molecule is O=CN1CCN(c2ccnc3cc[nH]c23)CC1. The highest BCUT2D eigenvalue weighted by Gasteiger charge is 2.17. The number of hydrogen-bond acceptors (Lipinski definition) is 3. The summed E-state index contributed by atoms with van der Waals surface area (Å²) in [5.74, 6) is 0. The summed E-state index contributed by atoms with van der Waals surface area (Å²) >= 11 is 0. The van der Waals surface area contributed by atoms with E-state index in [1.54, 1.807) is 0 Å². The van der Waals surface area contributed by atoms with Crippen molar-refractivity contribution in [2.24, 2.45) is 0 Å². The van der Waals surface area contributed by atoms with E-state index in [4.69, 9.17) is 0 Å². The Balaban J connectivity index is 1.89. The average molecular weight is 230 g/mol. The Morgan fingerprint density at radius 3 is 2.82 bits per heavy atom. The van der Waals surface area contributed by atoms with Gasteiger partial charge in [-0.25, -0.2) is 0 Å². The molecule has 0 saturated carbocycles. The molecule has 1 amide bonds. The van der Waals surface area contributed by atoms with Crippen molar-refractivity contribution in [3.8, 4) is 0 Å². The molecule has 0 spiro atoms. The van der Waals surface area contributed by atoms with Crippen molar-refractivity contribution in [3.05, 3.63) is 24.5 Å². The molecule has 3 heterocycles. The summed E-state index contributed by atoms with van der Waals surface area (Å²) in [5.41, 5.74) is 3.23. The predicted octanol–water partition coefficient (Wildman–Crippen LogP) is 0.841. The van der Waals surface area contributed by atoms with Crippen molar-refractivity contribution in [2.45, 2.75) is 0 Å². The van der Waals surface area contributed by atoms with Crippen LogP contribution < -0.4 is 4.90 Å². The number of nitrogens with one attached hydrogen (secondary N) is 1. The van der Waals surface area contributed by atoms with Crippen LogP contribution in [0.4, 0.5) is 5.69 Å². The summed E-state index contributed by atoms with van der Waals surface area (Å²) in [6, 6.07) is 4.00. The zero-order chi connectivity index (χ0) is 11.7. The zero-order valence-corrected chi connectivity index (χ0v) is 9.47.